The van der Waals surface area contributed by atoms with Gasteiger partial charge in [0.15, 0.2) is 0 Å². The smallest absolute Gasteiger partial charge is 0.259 e. The fourth-order valence-corrected chi connectivity index (χ4v) is 4.43. The topological polar surface area (TPSA) is 95.6 Å². The Hall–Kier alpha value is -1.65. The first-order chi connectivity index (χ1) is 13.6. The molecule has 0 fully saturated rings. The number of hydrogen-bond donors (Lipinski definition) is 2. The lowest BCUT2D eigenvalue weighted by Gasteiger charge is -2.22. The van der Waals surface area contributed by atoms with Gasteiger partial charge in [-0.2, -0.15) is 0 Å². The Morgan fingerprint density at radius 1 is 1.00 bits per heavy atom. The van der Waals surface area contributed by atoms with Crippen LogP contribution in [-0.4, -0.2) is 38.8 Å². The summed E-state index contributed by atoms with van der Waals surface area (Å²) < 4.78 is 24.9. The third-order valence-corrected chi connectivity index (χ3v) is 6.48. The molecule has 0 aliphatic carbocycles. The lowest BCUT2D eigenvalue weighted by atomic mass is 10.3. The molecule has 0 aliphatic rings. The molecule has 2 rings (SSSR count). The molecular weight excluding hydrogens is 481 g/mol. The Kier molecular flexibility index (Phi) is 8.47. The molecule has 0 aliphatic heterocycles. The molecule has 12 heteroatoms. The van der Waals surface area contributed by atoms with E-state index in [0.717, 1.165) is 22.3 Å². The highest BCUT2D eigenvalue weighted by molar-refractivity contribution is 8.00. The first kappa shape index (κ1) is 23.6. The maximum atomic E-state index is 12.1. The zero-order chi connectivity index (χ0) is 21.6. The van der Waals surface area contributed by atoms with E-state index < -0.39 is 28.4 Å². The Labute approximate surface area is 187 Å². The summed E-state index contributed by atoms with van der Waals surface area (Å²) in [4.78, 5) is 24.7. The molecular formula is C17H16Cl3N3O4S2. The van der Waals surface area contributed by atoms with Crippen molar-refractivity contribution in [3.05, 3.63) is 57.5 Å². The summed E-state index contributed by atoms with van der Waals surface area (Å²) in [5, 5.41) is 1.25. The standard InChI is InChI=1S/C17H16Cl3N3O4S2/c1-29(26,27)23(13-4-2-3-11(18)7-13)9-16(24)21-22-17(25)10-28-15-8-12(19)5-6-14(15)20/h2-8H,9-10H2,1H3,(H,21,24)(H,22,25). The zero-order valence-electron chi connectivity index (χ0n) is 15.0. The second-order valence-corrected chi connectivity index (χ2v) is 9.91. The first-order valence-corrected chi connectivity index (χ1v) is 11.9. The van der Waals surface area contributed by atoms with Crippen LogP contribution in [0.1, 0.15) is 0 Å². The lowest BCUT2D eigenvalue weighted by molar-refractivity contribution is -0.126. The van der Waals surface area contributed by atoms with E-state index in [0.29, 0.717) is 20.0 Å². The quantitative estimate of drug-likeness (QED) is 0.453. The molecule has 2 aromatic rings. The molecule has 0 aromatic heterocycles. The number of halogens is 3. The highest BCUT2D eigenvalue weighted by atomic mass is 35.5. The minimum absolute atomic E-state index is 0.0373. The predicted molar refractivity (Wildman–Crippen MR) is 117 cm³/mol. The fourth-order valence-electron chi connectivity index (χ4n) is 2.11. The normalized spacial score (nSPS) is 11.0. The number of thioether (sulfide) groups is 1. The number of sulfonamides is 1. The molecule has 0 saturated heterocycles. The van der Waals surface area contributed by atoms with Crippen molar-refractivity contribution < 1.29 is 18.0 Å². The molecule has 0 atom stereocenters. The van der Waals surface area contributed by atoms with Crippen LogP contribution in [0.4, 0.5) is 5.69 Å². The molecule has 29 heavy (non-hydrogen) atoms. The van der Waals surface area contributed by atoms with Gasteiger partial charge in [-0.25, -0.2) is 8.42 Å². The van der Waals surface area contributed by atoms with Crippen molar-refractivity contribution in [2.24, 2.45) is 0 Å². The molecule has 2 N–H and O–H groups in total. The molecule has 0 saturated carbocycles. The van der Waals surface area contributed by atoms with Gasteiger partial charge in [0.2, 0.25) is 15.9 Å². The molecule has 2 aromatic carbocycles. The van der Waals surface area contributed by atoms with Crippen LogP contribution in [0.2, 0.25) is 15.1 Å². The summed E-state index contributed by atoms with van der Waals surface area (Å²) in [6.45, 7) is -0.535. The highest BCUT2D eigenvalue weighted by Crippen LogP contribution is 2.29. The van der Waals surface area contributed by atoms with Crippen LogP contribution in [0.25, 0.3) is 0 Å². The first-order valence-electron chi connectivity index (χ1n) is 7.95. The van der Waals surface area contributed by atoms with E-state index >= 15 is 0 Å². The van der Waals surface area contributed by atoms with Crippen molar-refractivity contribution in [2.75, 3.05) is 22.9 Å². The molecule has 0 radical (unpaired) electrons. The SMILES string of the molecule is CS(=O)(=O)N(CC(=O)NNC(=O)CSc1cc(Cl)ccc1Cl)c1cccc(Cl)c1. The number of hydrogen-bond acceptors (Lipinski definition) is 5. The monoisotopic (exact) mass is 495 g/mol. The average Bonchev–Trinajstić information content (AvgIpc) is 2.64. The van der Waals surface area contributed by atoms with Crippen LogP contribution in [0.3, 0.4) is 0 Å². The van der Waals surface area contributed by atoms with Gasteiger partial charge < -0.3 is 0 Å². The van der Waals surface area contributed by atoms with E-state index in [4.69, 9.17) is 34.8 Å². The van der Waals surface area contributed by atoms with E-state index in [2.05, 4.69) is 10.9 Å². The molecule has 0 spiro atoms. The number of benzene rings is 2. The number of nitrogens with zero attached hydrogens (tertiary/aromatic N) is 1. The van der Waals surface area contributed by atoms with Crippen LogP contribution in [0.15, 0.2) is 47.4 Å². The third kappa shape index (κ3) is 7.60. The van der Waals surface area contributed by atoms with Gasteiger partial charge in [-0.1, -0.05) is 40.9 Å². The van der Waals surface area contributed by atoms with E-state index in [-0.39, 0.29) is 11.4 Å². The van der Waals surface area contributed by atoms with Crippen LogP contribution in [-0.2, 0) is 19.6 Å². The lowest BCUT2D eigenvalue weighted by Crippen LogP contribution is -2.48. The highest BCUT2D eigenvalue weighted by Gasteiger charge is 2.21. The maximum absolute atomic E-state index is 12.1. The summed E-state index contributed by atoms with van der Waals surface area (Å²) in [5.74, 6) is -1.27. The summed E-state index contributed by atoms with van der Waals surface area (Å²) in [7, 11) is -3.75. The molecule has 156 valence electrons. The van der Waals surface area contributed by atoms with E-state index in [1.807, 2.05) is 0 Å². The number of rotatable bonds is 7. The number of nitrogens with one attached hydrogen (secondary N) is 2. The van der Waals surface area contributed by atoms with Crippen LogP contribution in [0, 0.1) is 0 Å². The van der Waals surface area contributed by atoms with Crippen molar-refractivity contribution in [2.45, 2.75) is 4.90 Å². The van der Waals surface area contributed by atoms with Crippen LogP contribution >= 0.6 is 46.6 Å². The largest absolute Gasteiger partial charge is 0.272 e. The van der Waals surface area contributed by atoms with E-state index in [1.54, 1.807) is 30.3 Å². The van der Waals surface area contributed by atoms with E-state index in [1.165, 1.54) is 12.1 Å². The second-order valence-electron chi connectivity index (χ2n) is 5.71. The van der Waals surface area contributed by atoms with Gasteiger partial charge >= 0.3 is 0 Å². The van der Waals surface area contributed by atoms with Gasteiger partial charge in [0, 0.05) is 14.9 Å². The van der Waals surface area contributed by atoms with Crippen molar-refractivity contribution in [3.63, 3.8) is 0 Å². The summed E-state index contributed by atoms with van der Waals surface area (Å²) in [6.07, 6.45) is 0.963. The number of carbonyl (C=O) groups is 2. The number of amides is 2. The van der Waals surface area contributed by atoms with Crippen LogP contribution < -0.4 is 15.2 Å². The van der Waals surface area contributed by atoms with Gasteiger partial charge in [-0.15, -0.1) is 11.8 Å². The van der Waals surface area contributed by atoms with Crippen molar-refractivity contribution in [1.29, 1.82) is 0 Å². The molecule has 2 amide bonds. The minimum Gasteiger partial charge on any atom is -0.272 e. The van der Waals surface area contributed by atoms with Gasteiger partial charge in [-0.05, 0) is 36.4 Å². The average molecular weight is 497 g/mol. The third-order valence-electron chi connectivity index (χ3n) is 3.38. The Morgan fingerprint density at radius 3 is 2.31 bits per heavy atom. The van der Waals surface area contributed by atoms with Crippen molar-refractivity contribution in [1.82, 2.24) is 10.9 Å². The zero-order valence-corrected chi connectivity index (χ0v) is 18.9. The van der Waals surface area contributed by atoms with Gasteiger partial charge in [0.05, 0.1) is 22.7 Å². The predicted octanol–water partition coefficient (Wildman–Crippen LogP) is 3.35. The van der Waals surface area contributed by atoms with Gasteiger partial charge in [0.25, 0.3) is 5.91 Å². The Morgan fingerprint density at radius 2 is 1.66 bits per heavy atom. The molecule has 7 nitrogen and oxygen atoms in total. The minimum atomic E-state index is -3.75. The molecule has 0 bridgehead atoms. The molecule has 0 unspecified atom stereocenters. The summed E-state index contributed by atoms with van der Waals surface area (Å²) in [6, 6.07) is 10.9. The van der Waals surface area contributed by atoms with Crippen molar-refractivity contribution >= 4 is 74.1 Å². The fraction of sp³-hybridized carbons (Fsp3) is 0.176. The summed E-state index contributed by atoms with van der Waals surface area (Å²) in [5.41, 5.74) is 4.63. The number of carbonyl (C=O) groups excluding carboxylic acids is 2. The maximum Gasteiger partial charge on any atom is 0.259 e. The summed E-state index contributed by atoms with van der Waals surface area (Å²) >= 11 is 18.9. The van der Waals surface area contributed by atoms with Gasteiger partial charge in [-0.3, -0.25) is 24.7 Å². The van der Waals surface area contributed by atoms with Crippen molar-refractivity contribution in [3.8, 4) is 0 Å². The van der Waals surface area contributed by atoms with Crippen LogP contribution in [0.5, 0.6) is 0 Å². The molecule has 0 heterocycles. The van der Waals surface area contributed by atoms with E-state index in [9.17, 15) is 18.0 Å². The Balaban J connectivity index is 1.91. The number of hydrazine groups is 1. The Bertz CT molecular complexity index is 1020. The second kappa shape index (κ2) is 10.4. The van der Waals surface area contributed by atoms with Gasteiger partial charge in [0.1, 0.15) is 6.54 Å². The number of anilines is 1.